The zero-order valence-corrected chi connectivity index (χ0v) is 34.1. The van der Waals surface area contributed by atoms with E-state index < -0.39 is 20.2 Å². The molecule has 0 radical (unpaired) electrons. The van der Waals surface area contributed by atoms with Gasteiger partial charge in [-0.05, 0) is 31.2 Å². The lowest BCUT2D eigenvalue weighted by Crippen LogP contribution is -2.16. The summed E-state index contributed by atoms with van der Waals surface area (Å²) in [7, 11) is -7.55. The molecule has 0 aromatic heterocycles. The molecule has 0 aliphatic rings. The van der Waals surface area contributed by atoms with Crippen molar-refractivity contribution in [2.45, 2.75) is 16.7 Å². The topological polar surface area (TPSA) is 188 Å². The summed E-state index contributed by atoms with van der Waals surface area (Å²) >= 11 is 0. The van der Waals surface area contributed by atoms with E-state index in [2.05, 4.69) is 0 Å². The lowest BCUT2D eigenvalue weighted by molar-refractivity contribution is -0.0279. The number of rotatable bonds is 40. The quantitative estimate of drug-likeness (QED) is 0.0702. The van der Waals surface area contributed by atoms with E-state index in [1.54, 1.807) is 30.3 Å². The van der Waals surface area contributed by atoms with Crippen LogP contribution in [-0.4, -0.2) is 175 Å². The van der Waals surface area contributed by atoms with Crippen molar-refractivity contribution in [2.24, 2.45) is 0 Å². The molecule has 0 fully saturated rings. The molecule has 0 saturated heterocycles. The third-order valence-electron chi connectivity index (χ3n) is 6.99. The molecule has 0 aliphatic carbocycles. The van der Waals surface area contributed by atoms with E-state index in [1.165, 1.54) is 24.3 Å². The maximum Gasteiger partial charge on any atom is 0.297 e. The third kappa shape index (κ3) is 27.5. The minimum atomic E-state index is -3.78. The predicted octanol–water partition coefficient (Wildman–Crippen LogP) is 2.29. The first-order chi connectivity index (χ1) is 27.3. The molecule has 0 N–H and O–H groups in total. The summed E-state index contributed by atoms with van der Waals surface area (Å²) in [4.78, 5) is 0.234. The van der Waals surface area contributed by atoms with E-state index in [0.717, 1.165) is 5.56 Å². The first-order valence-electron chi connectivity index (χ1n) is 18.6. The minimum Gasteiger partial charge on any atom is -0.377 e. The summed E-state index contributed by atoms with van der Waals surface area (Å²) in [5.41, 5.74) is 0.969. The Morgan fingerprint density at radius 3 is 0.768 bits per heavy atom. The van der Waals surface area contributed by atoms with Crippen LogP contribution in [0.4, 0.5) is 0 Å². The smallest absolute Gasteiger partial charge is 0.297 e. The summed E-state index contributed by atoms with van der Waals surface area (Å²) in [6, 6.07) is 14.4. The molecule has 322 valence electrons. The third-order valence-corrected chi connectivity index (χ3v) is 9.65. The Bertz CT molecular complexity index is 1400. The fourth-order valence-corrected chi connectivity index (χ4v) is 5.94. The van der Waals surface area contributed by atoms with Gasteiger partial charge in [0.25, 0.3) is 20.2 Å². The van der Waals surface area contributed by atoms with Crippen molar-refractivity contribution in [3.05, 3.63) is 60.2 Å². The van der Waals surface area contributed by atoms with Gasteiger partial charge in [-0.1, -0.05) is 35.9 Å². The van der Waals surface area contributed by atoms with Gasteiger partial charge in [-0.3, -0.25) is 8.37 Å². The fraction of sp³-hybridized carbons (Fsp3) is 0.676. The Balaban J connectivity index is 1.17. The van der Waals surface area contributed by atoms with Crippen LogP contribution in [0.2, 0.25) is 0 Å². The second-order valence-electron chi connectivity index (χ2n) is 11.4. The van der Waals surface area contributed by atoms with E-state index in [0.29, 0.717) is 132 Å². The Kier molecular flexibility index (Phi) is 30.1. The molecule has 0 bridgehead atoms. The van der Waals surface area contributed by atoms with Gasteiger partial charge in [0.05, 0.1) is 168 Å². The summed E-state index contributed by atoms with van der Waals surface area (Å²) in [5, 5.41) is 0. The first kappa shape index (κ1) is 50.0. The second kappa shape index (κ2) is 33.8. The van der Waals surface area contributed by atoms with Gasteiger partial charge in [0.15, 0.2) is 0 Å². The first-order valence-corrected chi connectivity index (χ1v) is 21.4. The van der Waals surface area contributed by atoms with Crippen LogP contribution in [0.3, 0.4) is 0 Å². The van der Waals surface area contributed by atoms with Gasteiger partial charge >= 0.3 is 0 Å². The molecular weight excluding hydrogens is 781 g/mol. The van der Waals surface area contributed by atoms with Crippen LogP contribution >= 0.6 is 0 Å². The van der Waals surface area contributed by atoms with Gasteiger partial charge < -0.3 is 52.1 Å². The highest BCUT2D eigenvalue weighted by molar-refractivity contribution is 7.87. The maximum absolute atomic E-state index is 12.1. The zero-order valence-electron chi connectivity index (χ0n) is 32.4. The van der Waals surface area contributed by atoms with Crippen LogP contribution in [0.15, 0.2) is 64.4 Å². The average molecular weight is 841 g/mol. The van der Waals surface area contributed by atoms with Gasteiger partial charge in [0.2, 0.25) is 0 Å². The molecule has 0 unspecified atom stereocenters. The second-order valence-corrected chi connectivity index (χ2v) is 14.6. The van der Waals surface area contributed by atoms with E-state index >= 15 is 0 Å². The van der Waals surface area contributed by atoms with Crippen LogP contribution in [0.1, 0.15) is 5.56 Å². The van der Waals surface area contributed by atoms with E-state index in [9.17, 15) is 16.8 Å². The van der Waals surface area contributed by atoms with Crippen molar-refractivity contribution in [1.82, 2.24) is 0 Å². The highest BCUT2D eigenvalue weighted by Gasteiger charge is 2.15. The Morgan fingerprint density at radius 2 is 0.518 bits per heavy atom. The van der Waals surface area contributed by atoms with Crippen molar-refractivity contribution in [3.8, 4) is 0 Å². The molecule has 2 rings (SSSR count). The minimum absolute atomic E-state index is 0.0678. The van der Waals surface area contributed by atoms with Crippen LogP contribution in [-0.2, 0) is 80.7 Å². The van der Waals surface area contributed by atoms with E-state index in [-0.39, 0.29) is 36.2 Å². The predicted molar refractivity (Wildman–Crippen MR) is 203 cm³/mol. The SMILES string of the molecule is Cc1ccc(S(=O)(=O)OCCOCCOCCOCCOCCOCCOCCOCCOCCOCCOCCOCCOS(=O)(=O)c2ccccc2)cc1. The lowest BCUT2D eigenvalue weighted by Gasteiger charge is -2.09. The van der Waals surface area contributed by atoms with E-state index in [1.807, 2.05) is 6.92 Å². The number of benzene rings is 2. The summed E-state index contributed by atoms with van der Waals surface area (Å²) < 4.78 is 118. The molecule has 0 saturated carbocycles. The monoisotopic (exact) mass is 840 g/mol. The number of hydrogen-bond donors (Lipinski definition) is 0. The molecule has 2 aromatic rings. The summed E-state index contributed by atoms with van der Waals surface area (Å²) in [6.45, 7) is 10.5. The largest absolute Gasteiger partial charge is 0.377 e. The average Bonchev–Trinajstić information content (AvgIpc) is 3.19. The van der Waals surface area contributed by atoms with Crippen molar-refractivity contribution in [3.63, 3.8) is 0 Å². The van der Waals surface area contributed by atoms with Crippen LogP contribution < -0.4 is 0 Å². The van der Waals surface area contributed by atoms with Gasteiger partial charge in [-0.15, -0.1) is 0 Å². The highest BCUT2D eigenvalue weighted by Crippen LogP contribution is 2.13. The molecular formula is C37H60O17S2. The highest BCUT2D eigenvalue weighted by atomic mass is 32.2. The fourth-order valence-electron chi connectivity index (χ4n) is 4.13. The normalized spacial score (nSPS) is 12.1. The molecule has 19 heteroatoms. The molecule has 56 heavy (non-hydrogen) atoms. The Morgan fingerprint density at radius 1 is 0.304 bits per heavy atom. The molecule has 0 spiro atoms. The van der Waals surface area contributed by atoms with Gasteiger partial charge in [-0.25, -0.2) is 0 Å². The van der Waals surface area contributed by atoms with Crippen LogP contribution in [0.5, 0.6) is 0 Å². The number of hydrogen-bond acceptors (Lipinski definition) is 17. The van der Waals surface area contributed by atoms with Gasteiger partial charge in [0.1, 0.15) is 0 Å². The molecule has 0 aliphatic heterocycles. The van der Waals surface area contributed by atoms with Crippen LogP contribution in [0.25, 0.3) is 0 Å². The lowest BCUT2D eigenvalue weighted by atomic mass is 10.2. The van der Waals surface area contributed by atoms with E-state index in [4.69, 9.17) is 60.5 Å². The molecule has 17 nitrogen and oxygen atoms in total. The van der Waals surface area contributed by atoms with Crippen molar-refractivity contribution >= 4 is 20.2 Å². The Labute approximate surface area is 332 Å². The standard InChI is InChI=1S/C37H60O17S2/c1-35-7-9-37(10-8-35)56(40,41)54-34-32-52-30-28-50-26-24-48-22-20-46-18-16-44-14-12-42-11-13-43-15-17-45-19-21-47-23-25-49-27-29-51-31-33-53-55(38,39)36-5-3-2-4-6-36/h2-10H,11-34H2,1H3. The van der Waals surface area contributed by atoms with Crippen molar-refractivity contribution < 1.29 is 77.3 Å². The molecule has 2 aromatic carbocycles. The van der Waals surface area contributed by atoms with Crippen molar-refractivity contribution in [1.29, 1.82) is 0 Å². The zero-order chi connectivity index (χ0) is 40.3. The van der Waals surface area contributed by atoms with Gasteiger partial charge in [0, 0.05) is 0 Å². The Hall–Kier alpha value is -2.18. The maximum atomic E-state index is 12.1. The van der Waals surface area contributed by atoms with Crippen LogP contribution in [0, 0.1) is 6.92 Å². The summed E-state index contributed by atoms with van der Waals surface area (Å²) in [5.74, 6) is 0. The summed E-state index contributed by atoms with van der Waals surface area (Å²) in [6.07, 6.45) is 0. The number of ether oxygens (including phenoxy) is 11. The van der Waals surface area contributed by atoms with Gasteiger partial charge in [-0.2, -0.15) is 16.8 Å². The number of aryl methyl sites for hydroxylation is 1. The molecule has 0 amide bonds. The molecule has 0 heterocycles. The van der Waals surface area contributed by atoms with Crippen molar-refractivity contribution in [2.75, 3.05) is 159 Å². The molecule has 0 atom stereocenters.